The van der Waals surface area contributed by atoms with E-state index in [1.54, 1.807) is 0 Å². The fourth-order valence-electron chi connectivity index (χ4n) is 5.08. The van der Waals surface area contributed by atoms with Crippen LogP contribution in [-0.4, -0.2) is 4.98 Å². The van der Waals surface area contributed by atoms with E-state index < -0.39 is 0 Å². The number of rotatable bonds is 0. The Morgan fingerprint density at radius 1 is 0.808 bits per heavy atom. The monoisotopic (exact) mass is 333 g/mol. The first-order chi connectivity index (χ1) is 12.7. The van der Waals surface area contributed by atoms with Crippen LogP contribution in [0, 0.1) is 0 Å². The third kappa shape index (κ3) is 1.59. The van der Waals surface area contributed by atoms with E-state index >= 15 is 0 Å². The highest BCUT2D eigenvalue weighted by Gasteiger charge is 2.35. The van der Waals surface area contributed by atoms with E-state index in [4.69, 9.17) is 4.98 Å². The quantitative estimate of drug-likeness (QED) is 0.333. The molecule has 0 aliphatic heterocycles. The highest BCUT2D eigenvalue weighted by atomic mass is 14.7. The first kappa shape index (κ1) is 14.3. The van der Waals surface area contributed by atoms with Crippen molar-refractivity contribution in [2.45, 2.75) is 25.7 Å². The molecule has 1 aromatic heterocycles. The Morgan fingerprint density at radius 2 is 1.65 bits per heavy atom. The van der Waals surface area contributed by atoms with Gasteiger partial charge >= 0.3 is 0 Å². The van der Waals surface area contributed by atoms with E-state index in [1.165, 1.54) is 49.7 Å². The topological polar surface area (TPSA) is 12.9 Å². The van der Waals surface area contributed by atoms with Gasteiger partial charge in [-0.05, 0) is 62.7 Å². The van der Waals surface area contributed by atoms with Crippen molar-refractivity contribution >= 4 is 10.8 Å². The van der Waals surface area contributed by atoms with Crippen molar-refractivity contribution in [2.24, 2.45) is 0 Å². The smallest absolute Gasteiger partial charge is 0.0749 e. The van der Waals surface area contributed by atoms with Gasteiger partial charge in [0.05, 0.1) is 5.69 Å². The molecule has 0 bridgehead atoms. The molecular weight excluding hydrogens is 314 g/mol. The lowest BCUT2D eigenvalue weighted by Crippen LogP contribution is -2.24. The molecule has 0 saturated heterocycles. The molecule has 1 heterocycles. The number of pyridine rings is 1. The van der Waals surface area contributed by atoms with Crippen LogP contribution in [0.3, 0.4) is 0 Å². The van der Waals surface area contributed by atoms with Crippen molar-refractivity contribution in [2.75, 3.05) is 0 Å². The lowest BCUT2D eigenvalue weighted by Gasteiger charge is -2.34. The van der Waals surface area contributed by atoms with Crippen LogP contribution in [0.25, 0.3) is 33.2 Å². The molecule has 1 nitrogen and oxygen atoms in total. The van der Waals surface area contributed by atoms with Gasteiger partial charge in [-0.1, -0.05) is 62.4 Å². The zero-order valence-electron chi connectivity index (χ0n) is 15.0. The molecule has 26 heavy (non-hydrogen) atoms. The predicted octanol–water partition coefficient (Wildman–Crippen LogP) is 6.11. The van der Waals surface area contributed by atoms with Crippen molar-refractivity contribution < 1.29 is 0 Å². The molecule has 0 unspecified atom stereocenters. The van der Waals surface area contributed by atoms with Gasteiger partial charge < -0.3 is 0 Å². The van der Waals surface area contributed by atoms with Gasteiger partial charge in [-0.2, -0.15) is 0 Å². The maximum atomic E-state index is 4.82. The molecule has 6 rings (SSSR count). The summed E-state index contributed by atoms with van der Waals surface area (Å²) in [7, 11) is 0. The number of nitrogens with zero attached hydrogens (tertiary/aromatic N) is 1. The van der Waals surface area contributed by atoms with E-state index in [1.807, 2.05) is 6.20 Å². The zero-order chi connectivity index (χ0) is 17.5. The highest BCUT2D eigenvalue weighted by Crippen LogP contribution is 2.51. The summed E-state index contributed by atoms with van der Waals surface area (Å²) in [6.45, 7) is 4.65. The molecule has 0 spiro atoms. The van der Waals surface area contributed by atoms with Gasteiger partial charge in [0.2, 0.25) is 0 Å². The van der Waals surface area contributed by atoms with Crippen LogP contribution in [-0.2, 0) is 11.8 Å². The van der Waals surface area contributed by atoms with Gasteiger partial charge in [-0.3, -0.25) is 4.98 Å². The largest absolute Gasteiger partial charge is 0.256 e. The minimum Gasteiger partial charge on any atom is -0.256 e. The number of fused-ring (bicyclic) bond motifs is 6. The summed E-state index contributed by atoms with van der Waals surface area (Å²) in [5.41, 5.74) is 10.8. The second-order valence-electron chi connectivity index (χ2n) is 8.04. The van der Waals surface area contributed by atoms with E-state index in [-0.39, 0.29) is 5.41 Å². The lowest BCUT2D eigenvalue weighted by atomic mass is 9.69. The van der Waals surface area contributed by atoms with Crippen LogP contribution < -0.4 is 0 Å². The number of benzene rings is 3. The van der Waals surface area contributed by atoms with Gasteiger partial charge in [0, 0.05) is 17.2 Å². The van der Waals surface area contributed by atoms with E-state index in [2.05, 4.69) is 74.5 Å². The SMILES string of the molecule is CC1(C)c2cccnc2-c2cc3c(c4cccc1c24)Cc1ccccc1-3. The number of hydrogen-bond acceptors (Lipinski definition) is 1. The number of hydrogen-bond donors (Lipinski definition) is 0. The maximum Gasteiger partial charge on any atom is 0.0749 e. The molecule has 0 fully saturated rings. The second kappa shape index (κ2) is 4.62. The molecule has 0 radical (unpaired) electrons. The normalized spacial score (nSPS) is 15.5. The Kier molecular flexibility index (Phi) is 2.53. The van der Waals surface area contributed by atoms with Gasteiger partial charge in [0.1, 0.15) is 0 Å². The lowest BCUT2D eigenvalue weighted by molar-refractivity contribution is 0.642. The van der Waals surface area contributed by atoms with Gasteiger partial charge in [-0.15, -0.1) is 0 Å². The summed E-state index contributed by atoms with van der Waals surface area (Å²) in [4.78, 5) is 4.82. The van der Waals surface area contributed by atoms with Crippen LogP contribution in [0.15, 0.2) is 66.9 Å². The van der Waals surface area contributed by atoms with Crippen molar-refractivity contribution in [3.05, 3.63) is 89.1 Å². The summed E-state index contributed by atoms with van der Waals surface area (Å²) in [6, 6.07) is 22.4. The van der Waals surface area contributed by atoms with Gasteiger partial charge in [-0.25, -0.2) is 0 Å². The van der Waals surface area contributed by atoms with Gasteiger partial charge in [0.25, 0.3) is 0 Å². The Labute approximate surface area is 153 Å². The molecule has 2 aliphatic carbocycles. The molecule has 0 saturated carbocycles. The Bertz CT molecular complexity index is 1230. The first-order valence-electron chi connectivity index (χ1n) is 9.29. The molecule has 4 aromatic rings. The minimum absolute atomic E-state index is 0.0319. The summed E-state index contributed by atoms with van der Waals surface area (Å²) in [5, 5.41) is 2.80. The summed E-state index contributed by atoms with van der Waals surface area (Å²) >= 11 is 0. The Hall–Kier alpha value is -2.93. The molecule has 2 aliphatic rings. The molecule has 124 valence electrons. The van der Waals surface area contributed by atoms with Crippen LogP contribution in [0.2, 0.25) is 0 Å². The average molecular weight is 333 g/mol. The van der Waals surface area contributed by atoms with Crippen molar-refractivity contribution in [1.29, 1.82) is 0 Å². The minimum atomic E-state index is -0.0319. The van der Waals surface area contributed by atoms with Crippen molar-refractivity contribution in [1.82, 2.24) is 4.98 Å². The highest BCUT2D eigenvalue weighted by molar-refractivity contribution is 6.08. The molecular formula is C25H19N. The van der Waals surface area contributed by atoms with Crippen LogP contribution in [0.4, 0.5) is 0 Å². The van der Waals surface area contributed by atoms with Crippen molar-refractivity contribution in [3.63, 3.8) is 0 Å². The number of aromatic nitrogens is 1. The standard InChI is InChI=1S/C25H19N/c1-25(2)21-10-5-9-17-18-13-15-7-3-4-8-16(15)19(18)14-20(23(17)21)24-22(25)11-6-12-26-24/h3-12,14H,13H2,1-2H3. The Balaban J connectivity index is 1.83. The van der Waals surface area contributed by atoms with Crippen LogP contribution in [0.5, 0.6) is 0 Å². The summed E-state index contributed by atoms with van der Waals surface area (Å²) < 4.78 is 0. The molecule has 0 amide bonds. The fourth-order valence-corrected chi connectivity index (χ4v) is 5.08. The zero-order valence-corrected chi connectivity index (χ0v) is 15.0. The first-order valence-corrected chi connectivity index (χ1v) is 9.29. The summed E-state index contributed by atoms with van der Waals surface area (Å²) in [5.74, 6) is 0. The average Bonchev–Trinajstić information content (AvgIpc) is 3.05. The Morgan fingerprint density at radius 3 is 2.58 bits per heavy atom. The van der Waals surface area contributed by atoms with E-state index in [0.717, 1.165) is 12.1 Å². The molecule has 3 aromatic carbocycles. The second-order valence-corrected chi connectivity index (χ2v) is 8.04. The van der Waals surface area contributed by atoms with Crippen molar-refractivity contribution in [3.8, 4) is 22.4 Å². The molecule has 0 atom stereocenters. The van der Waals surface area contributed by atoms with E-state index in [0.29, 0.717) is 0 Å². The maximum absolute atomic E-state index is 4.82. The third-order valence-corrected chi connectivity index (χ3v) is 6.36. The van der Waals surface area contributed by atoms with Crippen LogP contribution >= 0.6 is 0 Å². The molecule has 1 heteroatoms. The third-order valence-electron chi connectivity index (χ3n) is 6.36. The fraction of sp³-hybridized carbons (Fsp3) is 0.160. The van der Waals surface area contributed by atoms with Gasteiger partial charge in [0.15, 0.2) is 0 Å². The van der Waals surface area contributed by atoms with Crippen LogP contribution in [0.1, 0.15) is 36.1 Å². The van der Waals surface area contributed by atoms with E-state index in [9.17, 15) is 0 Å². The predicted molar refractivity (Wildman–Crippen MR) is 108 cm³/mol. The summed E-state index contributed by atoms with van der Waals surface area (Å²) in [6.07, 6.45) is 2.96. The molecule has 0 N–H and O–H groups in total.